The maximum absolute atomic E-state index is 12.4. The molecule has 1 saturated heterocycles. The third-order valence-electron chi connectivity index (χ3n) is 4.52. The number of nitrogens with zero attached hydrogens (tertiary/aromatic N) is 2. The van der Waals surface area contributed by atoms with Gasteiger partial charge in [0.2, 0.25) is 0 Å². The van der Waals surface area contributed by atoms with Crippen LogP contribution in [0.25, 0.3) is 6.08 Å². The molecular formula is C21H19N3O8. The number of carbonyl (C=O) groups is 3. The molecule has 0 saturated carbocycles. The Morgan fingerprint density at radius 3 is 2.47 bits per heavy atom. The second kappa shape index (κ2) is 9.60. The largest absolute Gasteiger partial charge is 0.493 e. The van der Waals surface area contributed by atoms with Crippen molar-refractivity contribution in [3.05, 3.63) is 69.4 Å². The van der Waals surface area contributed by atoms with Crippen molar-refractivity contribution in [1.82, 2.24) is 10.2 Å². The van der Waals surface area contributed by atoms with Crippen molar-refractivity contribution in [1.29, 1.82) is 0 Å². The number of nitrogens with one attached hydrogen (secondary N) is 1. The van der Waals surface area contributed by atoms with Gasteiger partial charge in [-0.3, -0.25) is 19.7 Å². The Morgan fingerprint density at radius 1 is 1.12 bits per heavy atom. The molecule has 0 aliphatic carbocycles. The smallest absolute Gasteiger partial charge is 0.329 e. The maximum atomic E-state index is 12.4. The predicted octanol–water partition coefficient (Wildman–Crippen LogP) is 2.25. The van der Waals surface area contributed by atoms with Crippen LogP contribution in [0.15, 0.2) is 48.2 Å². The van der Waals surface area contributed by atoms with Gasteiger partial charge in [-0.05, 0) is 41.5 Å². The van der Waals surface area contributed by atoms with Gasteiger partial charge in [-0.15, -0.1) is 0 Å². The Bertz CT molecular complexity index is 1090. The average Bonchev–Trinajstić information content (AvgIpc) is 3.05. The van der Waals surface area contributed by atoms with E-state index in [4.69, 9.17) is 9.47 Å². The second-order valence-corrected chi connectivity index (χ2v) is 6.58. The van der Waals surface area contributed by atoms with Crippen molar-refractivity contribution in [2.45, 2.75) is 6.61 Å². The number of carbonyl (C=O) groups excluding carboxylic acids is 3. The van der Waals surface area contributed by atoms with Gasteiger partial charge in [0.1, 0.15) is 18.8 Å². The normalized spacial score (nSPS) is 14.3. The van der Waals surface area contributed by atoms with Gasteiger partial charge < -0.3 is 19.5 Å². The van der Waals surface area contributed by atoms with Crippen LogP contribution >= 0.6 is 0 Å². The van der Waals surface area contributed by atoms with Gasteiger partial charge in [0.05, 0.1) is 19.1 Å². The molecule has 1 aliphatic rings. The van der Waals surface area contributed by atoms with Gasteiger partial charge in [-0.2, -0.15) is 0 Å². The van der Waals surface area contributed by atoms with Gasteiger partial charge in [-0.25, -0.2) is 9.69 Å². The first-order chi connectivity index (χ1) is 15.3. The molecule has 0 spiro atoms. The molecule has 32 heavy (non-hydrogen) atoms. The molecule has 2 aromatic rings. The zero-order valence-electron chi connectivity index (χ0n) is 17.2. The minimum atomic E-state index is -0.721. The summed E-state index contributed by atoms with van der Waals surface area (Å²) in [6.45, 7) is -0.330. The average molecular weight is 441 g/mol. The minimum Gasteiger partial charge on any atom is -0.493 e. The predicted molar refractivity (Wildman–Crippen MR) is 111 cm³/mol. The lowest BCUT2D eigenvalue weighted by molar-refractivity contribution is -0.384. The Labute approximate surface area is 182 Å². The van der Waals surface area contributed by atoms with Crippen LogP contribution < -0.4 is 14.8 Å². The topological polar surface area (TPSA) is 137 Å². The Balaban J connectivity index is 1.72. The number of non-ortho nitro benzene ring substituents is 1. The molecule has 0 radical (unpaired) electrons. The summed E-state index contributed by atoms with van der Waals surface area (Å²) in [6.07, 6.45) is 1.44. The molecular weight excluding hydrogens is 422 g/mol. The van der Waals surface area contributed by atoms with Crippen LogP contribution in [0.2, 0.25) is 0 Å². The van der Waals surface area contributed by atoms with Crippen LogP contribution in [0, 0.1) is 10.1 Å². The van der Waals surface area contributed by atoms with E-state index in [1.165, 1.54) is 25.3 Å². The fourth-order valence-electron chi connectivity index (χ4n) is 2.84. The summed E-state index contributed by atoms with van der Waals surface area (Å²) < 4.78 is 15.6. The van der Waals surface area contributed by atoms with Crippen LogP contribution in [-0.4, -0.2) is 48.5 Å². The molecule has 1 heterocycles. The van der Waals surface area contributed by atoms with E-state index in [-0.39, 0.29) is 18.0 Å². The number of urea groups is 1. The first-order valence-electron chi connectivity index (χ1n) is 9.28. The van der Waals surface area contributed by atoms with Crippen LogP contribution in [0.4, 0.5) is 10.5 Å². The number of nitro groups is 1. The third kappa shape index (κ3) is 5.01. The van der Waals surface area contributed by atoms with Crippen molar-refractivity contribution >= 4 is 29.7 Å². The molecule has 0 atom stereocenters. The molecule has 0 bridgehead atoms. The molecule has 1 N–H and O–H groups in total. The van der Waals surface area contributed by atoms with Gasteiger partial charge in [0.15, 0.2) is 11.5 Å². The summed E-state index contributed by atoms with van der Waals surface area (Å²) in [7, 11) is 2.61. The number of nitro benzene ring substituents is 1. The number of benzene rings is 2. The molecule has 0 aromatic heterocycles. The van der Waals surface area contributed by atoms with Crippen molar-refractivity contribution in [3.8, 4) is 11.5 Å². The van der Waals surface area contributed by atoms with E-state index in [1.807, 2.05) is 0 Å². The van der Waals surface area contributed by atoms with Gasteiger partial charge in [-0.1, -0.05) is 6.07 Å². The van der Waals surface area contributed by atoms with E-state index in [0.29, 0.717) is 17.1 Å². The SMILES string of the molecule is COC(=O)CN1C(=O)N/C(=C/c2ccc(OCc3ccc([N+](=O)[O-])cc3)c(OC)c2)C1=O. The molecule has 166 valence electrons. The van der Waals surface area contributed by atoms with E-state index < -0.39 is 29.4 Å². The fourth-order valence-corrected chi connectivity index (χ4v) is 2.84. The first-order valence-corrected chi connectivity index (χ1v) is 9.28. The summed E-state index contributed by atoms with van der Waals surface area (Å²) in [4.78, 5) is 46.7. The van der Waals surface area contributed by atoms with Crippen molar-refractivity contribution in [2.75, 3.05) is 20.8 Å². The number of amides is 3. The summed E-state index contributed by atoms with van der Waals surface area (Å²) in [6, 6.07) is 10.1. The summed E-state index contributed by atoms with van der Waals surface area (Å²) >= 11 is 0. The molecule has 3 rings (SSSR count). The van der Waals surface area contributed by atoms with Crippen LogP contribution in [-0.2, 0) is 20.9 Å². The lowest BCUT2D eigenvalue weighted by atomic mass is 10.1. The van der Waals surface area contributed by atoms with Crippen molar-refractivity contribution in [3.63, 3.8) is 0 Å². The number of ether oxygens (including phenoxy) is 3. The quantitative estimate of drug-likeness (QED) is 0.216. The van der Waals surface area contributed by atoms with E-state index in [0.717, 1.165) is 17.6 Å². The molecule has 1 aliphatic heterocycles. The number of methoxy groups -OCH3 is 2. The van der Waals surface area contributed by atoms with Gasteiger partial charge >= 0.3 is 12.0 Å². The molecule has 0 unspecified atom stereocenters. The fraction of sp³-hybridized carbons (Fsp3) is 0.190. The molecule has 3 amide bonds. The molecule has 11 nitrogen and oxygen atoms in total. The lowest BCUT2D eigenvalue weighted by Gasteiger charge is -2.11. The maximum Gasteiger partial charge on any atom is 0.329 e. The van der Waals surface area contributed by atoms with Gasteiger partial charge in [0.25, 0.3) is 11.6 Å². The number of imide groups is 1. The van der Waals surface area contributed by atoms with Crippen LogP contribution in [0.5, 0.6) is 11.5 Å². The zero-order valence-corrected chi connectivity index (χ0v) is 17.2. The number of rotatable bonds is 8. The van der Waals surface area contributed by atoms with Crippen molar-refractivity contribution < 1.29 is 33.5 Å². The minimum absolute atomic E-state index is 0.000467. The van der Waals surface area contributed by atoms with Crippen LogP contribution in [0.1, 0.15) is 11.1 Å². The van der Waals surface area contributed by atoms with Gasteiger partial charge in [0, 0.05) is 12.1 Å². The number of hydrogen-bond acceptors (Lipinski definition) is 8. The van der Waals surface area contributed by atoms with Crippen molar-refractivity contribution in [2.24, 2.45) is 0 Å². The van der Waals surface area contributed by atoms with E-state index in [2.05, 4.69) is 10.1 Å². The molecule has 1 fully saturated rings. The molecule has 2 aromatic carbocycles. The molecule has 11 heteroatoms. The van der Waals surface area contributed by atoms with Crippen LogP contribution in [0.3, 0.4) is 0 Å². The third-order valence-corrected chi connectivity index (χ3v) is 4.52. The summed E-state index contributed by atoms with van der Waals surface area (Å²) in [5.41, 5.74) is 1.27. The second-order valence-electron chi connectivity index (χ2n) is 6.58. The summed E-state index contributed by atoms with van der Waals surface area (Å²) in [5, 5.41) is 13.1. The Morgan fingerprint density at radius 2 is 1.84 bits per heavy atom. The highest BCUT2D eigenvalue weighted by molar-refractivity contribution is 6.15. The number of esters is 1. The lowest BCUT2D eigenvalue weighted by Crippen LogP contribution is -2.36. The van der Waals surface area contributed by atoms with E-state index >= 15 is 0 Å². The zero-order chi connectivity index (χ0) is 23.3. The highest BCUT2D eigenvalue weighted by Gasteiger charge is 2.35. The monoisotopic (exact) mass is 441 g/mol. The standard InChI is InChI=1S/C21H19N3O8/c1-30-18-10-14(9-16-20(26)23(21(27)22-16)11-19(25)31-2)5-8-17(18)32-12-13-3-6-15(7-4-13)24(28)29/h3-10H,11-12H2,1-2H3,(H,22,27)/b16-9+. The Kier molecular flexibility index (Phi) is 6.68. The van der Waals surface area contributed by atoms with E-state index in [9.17, 15) is 24.5 Å². The highest BCUT2D eigenvalue weighted by Crippen LogP contribution is 2.30. The number of hydrogen-bond donors (Lipinski definition) is 1. The first kappa shape index (κ1) is 22.3. The van der Waals surface area contributed by atoms with E-state index in [1.54, 1.807) is 30.3 Å². The Hall–Kier alpha value is -4.41. The highest BCUT2D eigenvalue weighted by atomic mass is 16.6. The summed E-state index contributed by atoms with van der Waals surface area (Å²) in [5.74, 6) is -0.574.